The molecule has 0 unspecified atom stereocenters. The van der Waals surface area contributed by atoms with Gasteiger partial charge in [0.1, 0.15) is 5.75 Å². The van der Waals surface area contributed by atoms with Crippen LogP contribution in [0.1, 0.15) is 5.56 Å². The van der Waals surface area contributed by atoms with E-state index in [-0.39, 0.29) is 0 Å². The van der Waals surface area contributed by atoms with Gasteiger partial charge in [0, 0.05) is 31.2 Å². The molecule has 3 aromatic rings. The monoisotopic (exact) mass is 267 g/mol. The van der Waals surface area contributed by atoms with Crippen molar-refractivity contribution in [2.45, 2.75) is 6.54 Å². The van der Waals surface area contributed by atoms with Crippen LogP contribution in [0.15, 0.2) is 42.6 Å². The minimum absolute atomic E-state index is 0.513. The van der Waals surface area contributed by atoms with Crippen molar-refractivity contribution < 1.29 is 4.74 Å². The molecule has 4 nitrogen and oxygen atoms in total. The maximum Gasteiger partial charge on any atom is 0.120 e. The van der Waals surface area contributed by atoms with Crippen molar-refractivity contribution >= 4 is 10.9 Å². The molecule has 0 bridgehead atoms. The van der Waals surface area contributed by atoms with Crippen LogP contribution in [0.3, 0.4) is 0 Å². The van der Waals surface area contributed by atoms with E-state index in [0.717, 1.165) is 28.2 Å². The van der Waals surface area contributed by atoms with Crippen LogP contribution in [0.25, 0.3) is 22.3 Å². The molecular formula is C16H17N3O. The normalized spacial score (nSPS) is 10.9. The lowest BCUT2D eigenvalue weighted by atomic mass is 10.2. The fourth-order valence-electron chi connectivity index (χ4n) is 2.38. The molecule has 0 amide bonds. The Morgan fingerprint density at radius 3 is 2.70 bits per heavy atom. The van der Waals surface area contributed by atoms with E-state index in [1.807, 2.05) is 37.5 Å². The maximum absolute atomic E-state index is 5.60. The molecular weight excluding hydrogens is 250 g/mol. The number of hydrogen-bond donors (Lipinski definition) is 1. The average molecular weight is 267 g/mol. The lowest BCUT2D eigenvalue weighted by Crippen LogP contribution is -1.98. The molecule has 0 radical (unpaired) electrons. The number of methoxy groups -OCH3 is 1. The second kappa shape index (κ2) is 4.98. The van der Waals surface area contributed by atoms with Gasteiger partial charge in [-0.1, -0.05) is 6.07 Å². The number of fused-ring (bicyclic) bond motifs is 1. The van der Waals surface area contributed by atoms with Gasteiger partial charge in [-0.25, -0.2) is 0 Å². The SMILES string of the molecule is COc1ccc2cc(-c3ccc(CN)cn3)n(C)c2c1. The van der Waals surface area contributed by atoms with E-state index in [1.54, 1.807) is 7.11 Å². The van der Waals surface area contributed by atoms with Crippen LogP contribution in [0.5, 0.6) is 5.75 Å². The van der Waals surface area contributed by atoms with Crippen LogP contribution in [0.2, 0.25) is 0 Å². The fraction of sp³-hybridized carbons (Fsp3) is 0.188. The Kier molecular flexibility index (Phi) is 3.16. The number of ether oxygens (including phenoxy) is 1. The van der Waals surface area contributed by atoms with Crippen molar-refractivity contribution in [1.29, 1.82) is 0 Å². The van der Waals surface area contributed by atoms with Crippen molar-refractivity contribution in [1.82, 2.24) is 9.55 Å². The Bertz CT molecular complexity index is 744. The second-order valence-electron chi connectivity index (χ2n) is 4.77. The third-order valence-corrected chi connectivity index (χ3v) is 3.58. The van der Waals surface area contributed by atoms with Crippen molar-refractivity contribution in [3.8, 4) is 17.1 Å². The molecule has 2 N–H and O–H groups in total. The first kappa shape index (κ1) is 12.7. The van der Waals surface area contributed by atoms with E-state index in [1.165, 1.54) is 5.39 Å². The van der Waals surface area contributed by atoms with Gasteiger partial charge in [-0.05, 0) is 29.8 Å². The summed E-state index contributed by atoms with van der Waals surface area (Å²) in [5, 5.41) is 1.17. The third-order valence-electron chi connectivity index (χ3n) is 3.58. The number of nitrogens with zero attached hydrogens (tertiary/aromatic N) is 2. The standard InChI is InChI=1S/C16H17N3O/c1-19-15-8-13(20-2)5-4-12(15)7-16(19)14-6-3-11(9-17)10-18-14/h3-8,10H,9,17H2,1-2H3. The zero-order valence-corrected chi connectivity index (χ0v) is 11.6. The summed E-state index contributed by atoms with van der Waals surface area (Å²) in [6, 6.07) is 12.2. The number of rotatable bonds is 3. The number of benzene rings is 1. The lowest BCUT2D eigenvalue weighted by molar-refractivity contribution is 0.415. The third kappa shape index (κ3) is 2.04. The van der Waals surface area contributed by atoms with Crippen LogP contribution in [0.4, 0.5) is 0 Å². The number of hydrogen-bond acceptors (Lipinski definition) is 3. The zero-order valence-electron chi connectivity index (χ0n) is 11.6. The second-order valence-corrected chi connectivity index (χ2v) is 4.77. The molecule has 0 saturated heterocycles. The summed E-state index contributed by atoms with van der Waals surface area (Å²) in [5.41, 5.74) is 9.79. The minimum atomic E-state index is 0.513. The van der Waals surface area contributed by atoms with Crippen LogP contribution in [0, 0.1) is 0 Å². The van der Waals surface area contributed by atoms with Crippen molar-refractivity contribution in [3.63, 3.8) is 0 Å². The summed E-state index contributed by atoms with van der Waals surface area (Å²) in [7, 11) is 3.72. The highest BCUT2D eigenvalue weighted by atomic mass is 16.5. The predicted octanol–water partition coefficient (Wildman–Crippen LogP) is 2.71. The van der Waals surface area contributed by atoms with Crippen LogP contribution in [-0.4, -0.2) is 16.7 Å². The molecule has 0 atom stereocenters. The Hall–Kier alpha value is -2.33. The van der Waals surface area contributed by atoms with Gasteiger partial charge in [-0.3, -0.25) is 4.98 Å². The Morgan fingerprint density at radius 2 is 2.05 bits per heavy atom. The summed E-state index contributed by atoms with van der Waals surface area (Å²) in [4.78, 5) is 4.49. The Balaban J connectivity index is 2.13. The fourth-order valence-corrected chi connectivity index (χ4v) is 2.38. The first-order valence-corrected chi connectivity index (χ1v) is 6.52. The van der Waals surface area contributed by atoms with Gasteiger partial charge in [0.05, 0.1) is 24.0 Å². The van der Waals surface area contributed by atoms with E-state index in [9.17, 15) is 0 Å². The summed E-state index contributed by atoms with van der Waals surface area (Å²) in [6.45, 7) is 0.513. The highest BCUT2D eigenvalue weighted by Crippen LogP contribution is 2.28. The van der Waals surface area contributed by atoms with Crippen molar-refractivity contribution in [2.75, 3.05) is 7.11 Å². The highest BCUT2D eigenvalue weighted by molar-refractivity contribution is 5.87. The summed E-state index contributed by atoms with van der Waals surface area (Å²) >= 11 is 0. The lowest BCUT2D eigenvalue weighted by Gasteiger charge is -2.05. The summed E-state index contributed by atoms with van der Waals surface area (Å²) in [5.74, 6) is 0.858. The van der Waals surface area contributed by atoms with E-state index >= 15 is 0 Å². The van der Waals surface area contributed by atoms with Gasteiger partial charge in [-0.2, -0.15) is 0 Å². The zero-order chi connectivity index (χ0) is 14.1. The van der Waals surface area contributed by atoms with Crippen LogP contribution in [-0.2, 0) is 13.6 Å². The molecule has 0 spiro atoms. The summed E-state index contributed by atoms with van der Waals surface area (Å²) < 4.78 is 7.41. The molecule has 1 aromatic carbocycles. The van der Waals surface area contributed by atoms with Gasteiger partial charge in [0.15, 0.2) is 0 Å². The predicted molar refractivity (Wildman–Crippen MR) is 80.6 cm³/mol. The average Bonchev–Trinajstić information content (AvgIpc) is 2.84. The molecule has 0 aliphatic rings. The molecule has 0 fully saturated rings. The van der Waals surface area contributed by atoms with Gasteiger partial charge in [0.25, 0.3) is 0 Å². The number of pyridine rings is 1. The van der Waals surface area contributed by atoms with Gasteiger partial charge < -0.3 is 15.0 Å². The van der Waals surface area contributed by atoms with E-state index in [4.69, 9.17) is 10.5 Å². The molecule has 3 rings (SSSR count). The first-order chi connectivity index (χ1) is 9.72. The van der Waals surface area contributed by atoms with E-state index in [0.29, 0.717) is 6.54 Å². The van der Waals surface area contributed by atoms with E-state index in [2.05, 4.69) is 21.7 Å². The van der Waals surface area contributed by atoms with Crippen LogP contribution < -0.4 is 10.5 Å². The smallest absolute Gasteiger partial charge is 0.120 e. The first-order valence-electron chi connectivity index (χ1n) is 6.52. The number of aryl methyl sites for hydroxylation is 1. The quantitative estimate of drug-likeness (QED) is 0.793. The van der Waals surface area contributed by atoms with Crippen molar-refractivity contribution in [3.05, 3.63) is 48.2 Å². The summed E-state index contributed by atoms with van der Waals surface area (Å²) in [6.07, 6.45) is 1.83. The molecule has 2 heterocycles. The van der Waals surface area contributed by atoms with Gasteiger partial charge in [0.2, 0.25) is 0 Å². The topological polar surface area (TPSA) is 53.1 Å². The Morgan fingerprint density at radius 1 is 1.20 bits per heavy atom. The van der Waals surface area contributed by atoms with Crippen molar-refractivity contribution in [2.24, 2.45) is 12.8 Å². The van der Waals surface area contributed by atoms with Gasteiger partial charge in [-0.15, -0.1) is 0 Å². The molecule has 0 aliphatic carbocycles. The van der Waals surface area contributed by atoms with E-state index < -0.39 is 0 Å². The largest absolute Gasteiger partial charge is 0.497 e. The van der Waals surface area contributed by atoms with Crippen LogP contribution >= 0.6 is 0 Å². The molecule has 4 heteroatoms. The molecule has 2 aromatic heterocycles. The number of nitrogens with two attached hydrogens (primary N) is 1. The maximum atomic E-state index is 5.60. The highest BCUT2D eigenvalue weighted by Gasteiger charge is 2.09. The van der Waals surface area contributed by atoms with Gasteiger partial charge >= 0.3 is 0 Å². The molecule has 102 valence electrons. The molecule has 0 aliphatic heterocycles. The molecule has 0 saturated carbocycles. The number of aromatic nitrogens is 2. The Labute approximate surface area is 117 Å². The minimum Gasteiger partial charge on any atom is -0.497 e. The molecule has 20 heavy (non-hydrogen) atoms.